The van der Waals surface area contributed by atoms with Crippen LogP contribution in [-0.2, 0) is 19.1 Å². The van der Waals surface area contributed by atoms with Gasteiger partial charge in [0.1, 0.15) is 19.6 Å². The number of hydrogen-bond donors (Lipinski definition) is 12. The Morgan fingerprint density at radius 3 is 1.55 bits per heavy atom. The zero-order valence-electron chi connectivity index (χ0n) is 40.0. The summed E-state index contributed by atoms with van der Waals surface area (Å²) in [7, 11) is 7.20. The van der Waals surface area contributed by atoms with Crippen LogP contribution in [0.25, 0.3) is 0 Å². The van der Waals surface area contributed by atoms with Gasteiger partial charge in [-0.1, -0.05) is 117 Å². The highest BCUT2D eigenvalue weighted by molar-refractivity contribution is 6.16. The molecule has 2 rings (SSSR count). The summed E-state index contributed by atoms with van der Waals surface area (Å²) in [6, 6.07) is 0. The Morgan fingerprint density at radius 2 is 1.08 bits per heavy atom. The van der Waals surface area contributed by atoms with Crippen molar-refractivity contribution >= 4 is 20.1 Å². The number of esters is 1. The van der Waals surface area contributed by atoms with Crippen molar-refractivity contribution < 1.29 is 80.3 Å². The van der Waals surface area contributed by atoms with Crippen LogP contribution in [0.1, 0.15) is 181 Å². The summed E-state index contributed by atoms with van der Waals surface area (Å²) in [6.07, 6.45) is 21.6. The van der Waals surface area contributed by atoms with E-state index in [0.29, 0.717) is 32.2 Å². The van der Waals surface area contributed by atoms with Gasteiger partial charge in [-0.05, 0) is 83.8 Å². The quantitative estimate of drug-likeness (QED) is 0.0139. The molecule has 18 heteroatoms. The van der Waals surface area contributed by atoms with E-state index in [0.717, 1.165) is 135 Å². The summed E-state index contributed by atoms with van der Waals surface area (Å²) >= 11 is 0. The Hall–Kier alpha value is -1.36. The van der Waals surface area contributed by atoms with Crippen LogP contribution in [0.5, 0.6) is 0 Å². The molecule has 2 radical (unpaired) electrons. The number of aldehydes is 1. The van der Waals surface area contributed by atoms with E-state index >= 15 is 0 Å². The molecule has 5 unspecified atom stereocenters. The van der Waals surface area contributed by atoms with Crippen molar-refractivity contribution in [3.8, 4) is 0 Å². The number of unbranched alkanes of at least 4 members (excludes halogenated alkanes) is 17. The third-order valence-corrected chi connectivity index (χ3v) is 13.6. The minimum atomic E-state index is -3.72. The minimum absolute atomic E-state index is 0.0000321. The maximum atomic E-state index is 13.0. The molecular formula is C47H90BNO16. The molecule has 0 aliphatic heterocycles. The number of aliphatic hydroxyl groups is 12. The maximum absolute atomic E-state index is 13.0. The zero-order valence-corrected chi connectivity index (χ0v) is 40.0. The zero-order chi connectivity index (χ0) is 49.2. The van der Waals surface area contributed by atoms with Crippen molar-refractivity contribution in [3.63, 3.8) is 0 Å². The number of ether oxygens (including phenoxy) is 2. The Labute approximate surface area is 390 Å². The van der Waals surface area contributed by atoms with Crippen LogP contribution < -0.4 is 0 Å². The number of methoxy groups -OCH3 is 1. The normalized spacial score (nSPS) is 23.1. The van der Waals surface area contributed by atoms with E-state index in [1.54, 1.807) is 7.11 Å². The van der Waals surface area contributed by atoms with Gasteiger partial charge in [0.2, 0.25) is 0 Å². The summed E-state index contributed by atoms with van der Waals surface area (Å²) in [5.41, 5.74) is -5.55. The molecule has 12 N–H and O–H groups in total. The van der Waals surface area contributed by atoms with E-state index in [-0.39, 0.29) is 19.0 Å². The van der Waals surface area contributed by atoms with Gasteiger partial charge in [-0.15, -0.1) is 0 Å². The molecule has 382 valence electrons. The van der Waals surface area contributed by atoms with Gasteiger partial charge in [0.05, 0.1) is 18.6 Å². The van der Waals surface area contributed by atoms with E-state index in [4.69, 9.17) is 22.4 Å². The Morgan fingerprint density at radius 1 is 0.631 bits per heavy atom. The van der Waals surface area contributed by atoms with Crippen LogP contribution >= 0.6 is 0 Å². The lowest BCUT2D eigenvalue weighted by Crippen LogP contribution is -2.95. The van der Waals surface area contributed by atoms with Gasteiger partial charge in [0, 0.05) is 32.2 Å². The standard InChI is InChI=1S/C32H62BNO8.C15H28O8/c1-3-4-5-6-7-12-19-27(26-28-29(36)31(33,38)32(28,39)40)30(37)42-25-18-11-9-14-21-34(22-15-16-23-35)20-13-8-10-17-24-41-2;1-2-3-4-5-6-7-8-11(10-16)9-12(17)13(18,19)15(22,23)14(12,20)21/h27-29,35-36,38-40H,3-26H2,1-2H3;10-11,17-23H,2-9H2,1H3. The van der Waals surface area contributed by atoms with Crippen LogP contribution in [0.4, 0.5) is 0 Å². The number of aliphatic hydroxyl groups excluding tert-OH is 2. The van der Waals surface area contributed by atoms with Gasteiger partial charge >= 0.3 is 5.97 Å². The van der Waals surface area contributed by atoms with Gasteiger partial charge in [-0.25, -0.2) is 0 Å². The predicted octanol–water partition coefficient (Wildman–Crippen LogP) is 2.39. The van der Waals surface area contributed by atoms with Crippen molar-refractivity contribution in [1.82, 2.24) is 4.90 Å². The second kappa shape index (κ2) is 31.0. The van der Waals surface area contributed by atoms with Crippen LogP contribution in [0.15, 0.2) is 0 Å². The third kappa shape index (κ3) is 17.8. The molecule has 17 nitrogen and oxygen atoms in total. The van der Waals surface area contributed by atoms with E-state index < -0.39 is 64.5 Å². The average molecular weight is 936 g/mol. The summed E-state index contributed by atoms with van der Waals surface area (Å²) in [5.74, 6) is -16.5. The minimum Gasteiger partial charge on any atom is -0.465 e. The summed E-state index contributed by atoms with van der Waals surface area (Å²) < 4.78 is 10.7. The smallest absolute Gasteiger partial charge is 0.308 e. The SMILES string of the molecule is CCCCCCCCC(C=O)CC1(O)C(O)(O)C(O)(O)C1(O)O.[B]C1(O)C(O)C(CC(CCCCCCCC)C(=O)OCCCCCCN(CCCCO)CCCCCCOC)C1(O)O. The fourth-order valence-electron chi connectivity index (χ4n) is 8.92. The van der Waals surface area contributed by atoms with Gasteiger partial charge in [-0.3, -0.25) is 4.79 Å². The molecule has 0 amide bonds. The molecule has 2 saturated carbocycles. The lowest BCUT2D eigenvalue weighted by Gasteiger charge is -2.64. The van der Waals surface area contributed by atoms with E-state index in [1.165, 1.54) is 25.7 Å². The second-order valence-electron chi connectivity index (χ2n) is 18.9. The Balaban J connectivity index is 0.000000771. The number of nitrogens with zero attached hydrogens (tertiary/aromatic N) is 1. The molecule has 0 aromatic heterocycles. The van der Waals surface area contributed by atoms with Crippen molar-refractivity contribution in [2.75, 3.05) is 46.6 Å². The predicted molar refractivity (Wildman–Crippen MR) is 245 cm³/mol. The first-order valence-electron chi connectivity index (χ1n) is 24.8. The molecule has 0 bridgehead atoms. The highest BCUT2D eigenvalue weighted by Crippen LogP contribution is 2.56. The fourth-order valence-corrected chi connectivity index (χ4v) is 8.92. The van der Waals surface area contributed by atoms with Gasteiger partial charge < -0.3 is 80.4 Å². The van der Waals surface area contributed by atoms with Crippen molar-refractivity contribution in [1.29, 1.82) is 0 Å². The summed E-state index contributed by atoms with van der Waals surface area (Å²) in [5, 5.41) is 117. The van der Waals surface area contributed by atoms with Crippen molar-refractivity contribution in [2.24, 2.45) is 17.8 Å². The van der Waals surface area contributed by atoms with Gasteiger partial charge in [0.25, 0.3) is 17.4 Å². The van der Waals surface area contributed by atoms with Crippen LogP contribution in [0.2, 0.25) is 0 Å². The average Bonchev–Trinajstić information content (AvgIpc) is 3.26. The first-order valence-corrected chi connectivity index (χ1v) is 24.8. The molecule has 0 aromatic rings. The van der Waals surface area contributed by atoms with E-state index in [1.807, 2.05) is 0 Å². The molecule has 0 aromatic carbocycles. The molecular weight excluding hydrogens is 845 g/mol. The highest BCUT2D eigenvalue weighted by Gasteiger charge is 2.90. The molecule has 2 aliphatic carbocycles. The molecule has 0 heterocycles. The first-order chi connectivity index (χ1) is 30.6. The Bertz CT molecular complexity index is 1250. The topological polar surface area (TPSA) is 299 Å². The lowest BCUT2D eigenvalue weighted by atomic mass is 9.51. The Kier molecular flexibility index (Phi) is 29.4. The number of hydrogen-bond acceptors (Lipinski definition) is 17. The molecule has 0 spiro atoms. The molecule has 65 heavy (non-hydrogen) atoms. The molecule has 5 atom stereocenters. The van der Waals surface area contributed by atoms with Gasteiger partial charge in [-0.2, -0.15) is 0 Å². The van der Waals surface area contributed by atoms with Gasteiger partial charge in [0.15, 0.2) is 11.4 Å². The fraction of sp³-hybridized carbons (Fsp3) is 0.957. The summed E-state index contributed by atoms with van der Waals surface area (Å²) in [4.78, 5) is 26.6. The number of carbonyl (C=O) groups excluding carboxylic acids is 2. The maximum Gasteiger partial charge on any atom is 0.308 e. The van der Waals surface area contributed by atoms with Crippen LogP contribution in [0, 0.1) is 17.8 Å². The highest BCUT2D eigenvalue weighted by atomic mass is 16.7. The van der Waals surface area contributed by atoms with E-state index in [2.05, 4.69) is 18.7 Å². The van der Waals surface area contributed by atoms with Crippen molar-refractivity contribution in [3.05, 3.63) is 0 Å². The lowest BCUT2D eigenvalue weighted by molar-refractivity contribution is -0.598. The monoisotopic (exact) mass is 936 g/mol. The number of carbonyl (C=O) groups is 2. The number of rotatable bonds is 38. The second-order valence-corrected chi connectivity index (χ2v) is 18.9. The molecule has 2 aliphatic rings. The van der Waals surface area contributed by atoms with Crippen LogP contribution in [-0.4, -0.2) is 173 Å². The third-order valence-electron chi connectivity index (χ3n) is 13.6. The van der Waals surface area contributed by atoms with Crippen molar-refractivity contribution in [2.45, 2.75) is 221 Å². The largest absolute Gasteiger partial charge is 0.465 e. The molecule has 0 saturated heterocycles. The van der Waals surface area contributed by atoms with Crippen LogP contribution in [0.3, 0.4) is 0 Å². The van der Waals surface area contributed by atoms with E-state index in [9.17, 15) is 65.8 Å². The first kappa shape index (κ1) is 61.7. The summed E-state index contributed by atoms with van der Waals surface area (Å²) in [6.45, 7) is 8.75. The molecule has 2 fully saturated rings.